The second-order valence-electron chi connectivity index (χ2n) is 5.95. The summed E-state index contributed by atoms with van der Waals surface area (Å²) in [7, 11) is 0. The number of aromatic nitrogens is 5. The molecule has 0 aliphatic carbocycles. The van der Waals surface area contributed by atoms with Gasteiger partial charge in [0.2, 0.25) is 0 Å². The van der Waals surface area contributed by atoms with Crippen molar-refractivity contribution in [2.75, 3.05) is 31.1 Å². The second-order valence-corrected chi connectivity index (χ2v) is 5.95. The summed E-state index contributed by atoms with van der Waals surface area (Å²) in [6, 6.07) is 6.13. The molecule has 148 valence electrons. The van der Waals surface area contributed by atoms with Gasteiger partial charge >= 0.3 is 0 Å². The number of rotatable bonds is 4. The lowest BCUT2D eigenvalue weighted by molar-refractivity contribution is 0.586. The van der Waals surface area contributed by atoms with Gasteiger partial charge in [-0.2, -0.15) is 5.10 Å². The molecule has 0 bridgehead atoms. The Kier molecular flexibility index (Phi) is 9.18. The van der Waals surface area contributed by atoms with E-state index in [0.29, 0.717) is 6.54 Å². The normalized spacial score (nSPS) is 13.4. The van der Waals surface area contributed by atoms with Gasteiger partial charge in [0.15, 0.2) is 5.65 Å². The van der Waals surface area contributed by atoms with Crippen LogP contribution in [0.4, 0.5) is 5.82 Å². The molecule has 0 atom stereocenters. The molecule has 0 spiro atoms. The Morgan fingerprint density at radius 2 is 1.78 bits per heavy atom. The number of pyridine rings is 1. The van der Waals surface area contributed by atoms with Crippen LogP contribution in [0.25, 0.3) is 11.0 Å². The molecule has 4 rings (SSSR count). The van der Waals surface area contributed by atoms with Gasteiger partial charge in [-0.05, 0) is 18.6 Å². The Morgan fingerprint density at radius 3 is 2.52 bits per heavy atom. The SMILES string of the molecule is CCc1cccc(Cn2ncc3c(N4CCNCC4)ncnc32)n1.Cl.Cl.Cl. The second kappa shape index (κ2) is 10.6. The van der Waals surface area contributed by atoms with Crippen LogP contribution >= 0.6 is 37.2 Å². The predicted molar refractivity (Wildman–Crippen MR) is 115 cm³/mol. The van der Waals surface area contributed by atoms with Crippen molar-refractivity contribution < 1.29 is 0 Å². The molecule has 1 N–H and O–H groups in total. The highest BCUT2D eigenvalue weighted by Crippen LogP contribution is 2.23. The standard InChI is InChI=1S/C17H21N7.3ClH/c1-2-13-4-3-5-14(22-13)11-24-17-15(10-21-24)16(19-12-20-17)23-8-6-18-7-9-23;;;/h3-5,10,12,18H,2,6-9,11H2,1H3;3*1H. The van der Waals surface area contributed by atoms with Gasteiger partial charge in [0.05, 0.1) is 23.8 Å². The third-order valence-corrected chi connectivity index (χ3v) is 4.37. The molecule has 0 saturated carbocycles. The van der Waals surface area contributed by atoms with Gasteiger partial charge in [-0.25, -0.2) is 14.6 Å². The lowest BCUT2D eigenvalue weighted by Gasteiger charge is -2.28. The Bertz CT molecular complexity index is 849. The first-order chi connectivity index (χ1) is 11.8. The molecule has 3 aromatic rings. The molecule has 0 radical (unpaired) electrons. The molecule has 1 saturated heterocycles. The maximum atomic E-state index is 4.66. The van der Waals surface area contributed by atoms with Gasteiger partial charge in [-0.15, -0.1) is 37.2 Å². The summed E-state index contributed by atoms with van der Waals surface area (Å²) in [6.07, 6.45) is 4.44. The summed E-state index contributed by atoms with van der Waals surface area (Å²) < 4.78 is 1.91. The van der Waals surface area contributed by atoms with E-state index in [-0.39, 0.29) is 37.2 Å². The molecule has 27 heavy (non-hydrogen) atoms. The monoisotopic (exact) mass is 431 g/mol. The number of hydrogen-bond donors (Lipinski definition) is 1. The first-order valence-electron chi connectivity index (χ1n) is 8.42. The Balaban J connectivity index is 0.00000121. The molecule has 1 aliphatic heterocycles. The summed E-state index contributed by atoms with van der Waals surface area (Å²) in [5.41, 5.74) is 2.96. The van der Waals surface area contributed by atoms with E-state index in [9.17, 15) is 0 Å². The van der Waals surface area contributed by atoms with E-state index >= 15 is 0 Å². The van der Waals surface area contributed by atoms with Crippen molar-refractivity contribution >= 4 is 54.1 Å². The molecule has 4 heterocycles. The molecule has 1 fully saturated rings. The number of aryl methyl sites for hydroxylation is 1. The van der Waals surface area contributed by atoms with Crippen LogP contribution in [0.5, 0.6) is 0 Å². The van der Waals surface area contributed by atoms with Crippen LogP contribution in [0.15, 0.2) is 30.7 Å². The zero-order chi connectivity index (χ0) is 16.4. The van der Waals surface area contributed by atoms with Gasteiger partial charge < -0.3 is 10.2 Å². The van der Waals surface area contributed by atoms with Crippen molar-refractivity contribution in [1.29, 1.82) is 0 Å². The molecular weight excluding hydrogens is 409 g/mol. The average Bonchev–Trinajstić information content (AvgIpc) is 3.05. The summed E-state index contributed by atoms with van der Waals surface area (Å²) >= 11 is 0. The lowest BCUT2D eigenvalue weighted by atomic mass is 10.2. The van der Waals surface area contributed by atoms with Gasteiger partial charge in [0.25, 0.3) is 0 Å². The predicted octanol–water partition coefficient (Wildman–Crippen LogP) is 2.51. The molecule has 0 aromatic carbocycles. The average molecular weight is 433 g/mol. The van der Waals surface area contributed by atoms with Crippen LogP contribution in [-0.2, 0) is 13.0 Å². The third-order valence-electron chi connectivity index (χ3n) is 4.37. The fourth-order valence-corrected chi connectivity index (χ4v) is 3.09. The molecule has 0 amide bonds. The lowest BCUT2D eigenvalue weighted by Crippen LogP contribution is -2.44. The van der Waals surface area contributed by atoms with Gasteiger partial charge in [-0.1, -0.05) is 13.0 Å². The highest BCUT2D eigenvalue weighted by Gasteiger charge is 2.17. The molecule has 10 heteroatoms. The van der Waals surface area contributed by atoms with Crippen LogP contribution in [0.1, 0.15) is 18.3 Å². The number of nitrogens with one attached hydrogen (secondary N) is 1. The maximum Gasteiger partial charge on any atom is 0.163 e. The van der Waals surface area contributed by atoms with Crippen molar-refractivity contribution in [2.24, 2.45) is 0 Å². The number of anilines is 1. The fraction of sp³-hybridized carbons (Fsp3) is 0.412. The quantitative estimate of drug-likeness (QED) is 0.683. The molecule has 1 aliphatic rings. The molecule has 3 aromatic heterocycles. The van der Waals surface area contributed by atoms with Crippen LogP contribution in [-0.4, -0.2) is 50.9 Å². The van der Waals surface area contributed by atoms with Crippen LogP contribution < -0.4 is 10.2 Å². The summed E-state index contributed by atoms with van der Waals surface area (Å²) in [4.78, 5) is 15.9. The van der Waals surface area contributed by atoms with Gasteiger partial charge in [0, 0.05) is 31.9 Å². The maximum absolute atomic E-state index is 4.66. The highest BCUT2D eigenvalue weighted by molar-refractivity contribution is 5.87. The summed E-state index contributed by atoms with van der Waals surface area (Å²) in [5.74, 6) is 0.975. The first kappa shape index (κ1) is 23.4. The van der Waals surface area contributed by atoms with E-state index in [0.717, 1.165) is 60.8 Å². The van der Waals surface area contributed by atoms with Crippen molar-refractivity contribution in [2.45, 2.75) is 19.9 Å². The zero-order valence-electron chi connectivity index (χ0n) is 15.0. The molecule has 0 unspecified atom stereocenters. The van der Waals surface area contributed by atoms with Crippen molar-refractivity contribution in [3.05, 3.63) is 42.1 Å². The van der Waals surface area contributed by atoms with Gasteiger partial charge in [-0.3, -0.25) is 4.98 Å². The smallest absolute Gasteiger partial charge is 0.163 e. The van der Waals surface area contributed by atoms with Crippen molar-refractivity contribution in [3.63, 3.8) is 0 Å². The van der Waals surface area contributed by atoms with Crippen LogP contribution in [0.3, 0.4) is 0 Å². The molecule has 7 nitrogen and oxygen atoms in total. The Morgan fingerprint density at radius 1 is 1.04 bits per heavy atom. The van der Waals surface area contributed by atoms with E-state index in [2.05, 4.69) is 43.3 Å². The van der Waals surface area contributed by atoms with Crippen molar-refractivity contribution in [3.8, 4) is 0 Å². The Labute approximate surface area is 177 Å². The van der Waals surface area contributed by atoms with E-state index in [1.165, 1.54) is 0 Å². The van der Waals surface area contributed by atoms with E-state index in [4.69, 9.17) is 0 Å². The zero-order valence-corrected chi connectivity index (χ0v) is 17.5. The van der Waals surface area contributed by atoms with Crippen molar-refractivity contribution in [1.82, 2.24) is 30.0 Å². The van der Waals surface area contributed by atoms with E-state index in [1.54, 1.807) is 6.33 Å². The summed E-state index contributed by atoms with van der Waals surface area (Å²) in [5, 5.41) is 8.91. The largest absolute Gasteiger partial charge is 0.353 e. The van der Waals surface area contributed by atoms with Gasteiger partial charge in [0.1, 0.15) is 12.1 Å². The first-order valence-corrected chi connectivity index (χ1v) is 8.42. The number of halogens is 3. The minimum Gasteiger partial charge on any atom is -0.353 e. The number of hydrogen-bond acceptors (Lipinski definition) is 6. The highest BCUT2D eigenvalue weighted by atomic mass is 35.5. The molecular formula is C17H24Cl3N7. The Hall–Kier alpha value is -1.67. The fourth-order valence-electron chi connectivity index (χ4n) is 3.09. The van der Waals surface area contributed by atoms with Crippen LogP contribution in [0, 0.1) is 0 Å². The van der Waals surface area contributed by atoms with Crippen LogP contribution in [0.2, 0.25) is 0 Å². The minimum absolute atomic E-state index is 0. The third kappa shape index (κ3) is 4.99. The minimum atomic E-state index is 0. The number of fused-ring (bicyclic) bond motifs is 1. The summed E-state index contributed by atoms with van der Waals surface area (Å²) in [6.45, 7) is 6.60. The number of nitrogens with zero attached hydrogens (tertiary/aromatic N) is 6. The topological polar surface area (TPSA) is 71.8 Å². The van der Waals surface area contributed by atoms with E-state index < -0.39 is 0 Å². The number of piperazine rings is 1. The van der Waals surface area contributed by atoms with E-state index in [1.807, 2.05) is 23.0 Å².